The van der Waals surface area contributed by atoms with Gasteiger partial charge in [0.1, 0.15) is 17.3 Å². The molecule has 2 heterocycles. The molecule has 1 saturated heterocycles. The second-order valence-electron chi connectivity index (χ2n) is 8.32. The number of carbonyl (C=O) groups excluding carboxylic acids is 1. The quantitative estimate of drug-likeness (QED) is 0.525. The largest absolute Gasteiger partial charge is 0.355 e. The molecule has 11 heteroatoms. The molecule has 3 aromatic rings. The lowest BCUT2D eigenvalue weighted by atomic mass is 9.97. The molecule has 0 saturated carbocycles. The van der Waals surface area contributed by atoms with E-state index in [-0.39, 0.29) is 40.9 Å². The van der Waals surface area contributed by atoms with Crippen LogP contribution in [0.25, 0.3) is 12.2 Å². The van der Waals surface area contributed by atoms with Gasteiger partial charge < -0.3 is 9.84 Å². The molecule has 36 heavy (non-hydrogen) atoms. The van der Waals surface area contributed by atoms with Gasteiger partial charge >= 0.3 is 0 Å². The molecule has 0 atom stereocenters. The first-order chi connectivity index (χ1) is 17.2. The van der Waals surface area contributed by atoms with Gasteiger partial charge in [0.15, 0.2) is 10.7 Å². The van der Waals surface area contributed by atoms with E-state index in [1.807, 2.05) is 6.07 Å². The molecule has 0 aliphatic carbocycles. The lowest BCUT2D eigenvalue weighted by Gasteiger charge is -2.30. The predicted octanol–water partition coefficient (Wildman–Crippen LogP) is 4.34. The predicted molar refractivity (Wildman–Crippen MR) is 128 cm³/mol. The molecule has 4 rings (SSSR count). The van der Waals surface area contributed by atoms with Crippen LogP contribution in [0.2, 0.25) is 0 Å². The summed E-state index contributed by atoms with van der Waals surface area (Å²) in [7, 11) is -4.01. The standard InChI is InChI=1S/C25H22F2N4O4S/c1-16-24(23(35-30-16)8-6-18-5-7-20(26)14-22(18)27)36(33,34)31-11-9-19(10-12-31)25(32)29-21-4-2-3-17(13-21)15-28/h2-8,13-14,19H,9-12H2,1H3,(H,29,32). The number of benzene rings is 2. The van der Waals surface area contributed by atoms with Crippen molar-refractivity contribution in [3.8, 4) is 6.07 Å². The zero-order chi connectivity index (χ0) is 25.9. The normalized spacial score (nSPS) is 15.2. The smallest absolute Gasteiger partial charge is 0.248 e. The van der Waals surface area contributed by atoms with E-state index in [1.165, 1.54) is 29.4 Å². The summed E-state index contributed by atoms with van der Waals surface area (Å²) in [5.41, 5.74) is 1.13. The number of rotatable bonds is 6. The van der Waals surface area contributed by atoms with Gasteiger partial charge in [-0.15, -0.1) is 0 Å². The van der Waals surface area contributed by atoms with Crippen molar-refractivity contribution in [3.63, 3.8) is 0 Å². The third-order valence-corrected chi connectivity index (χ3v) is 7.95. The molecule has 2 aromatic carbocycles. The number of carbonyl (C=O) groups is 1. The molecule has 1 aliphatic heterocycles. The third-order valence-electron chi connectivity index (χ3n) is 5.89. The number of anilines is 1. The number of halogens is 2. The average molecular weight is 513 g/mol. The highest BCUT2D eigenvalue weighted by molar-refractivity contribution is 7.89. The van der Waals surface area contributed by atoms with Crippen molar-refractivity contribution in [2.75, 3.05) is 18.4 Å². The van der Waals surface area contributed by atoms with Crippen molar-refractivity contribution in [2.24, 2.45) is 5.92 Å². The number of nitriles is 1. The van der Waals surface area contributed by atoms with E-state index in [1.54, 1.807) is 24.3 Å². The van der Waals surface area contributed by atoms with Crippen LogP contribution < -0.4 is 5.32 Å². The van der Waals surface area contributed by atoms with Crippen LogP contribution in [0.3, 0.4) is 0 Å². The monoisotopic (exact) mass is 512 g/mol. The van der Waals surface area contributed by atoms with Crippen LogP contribution >= 0.6 is 0 Å². The summed E-state index contributed by atoms with van der Waals surface area (Å²) in [5, 5.41) is 15.5. The molecule has 1 N–H and O–H groups in total. The van der Waals surface area contributed by atoms with Crippen LogP contribution in [-0.2, 0) is 14.8 Å². The molecule has 0 radical (unpaired) electrons. The van der Waals surface area contributed by atoms with Crippen LogP contribution in [0.5, 0.6) is 0 Å². The summed E-state index contributed by atoms with van der Waals surface area (Å²) in [5.74, 6) is -2.24. The van der Waals surface area contributed by atoms with E-state index < -0.39 is 27.6 Å². The summed E-state index contributed by atoms with van der Waals surface area (Å²) < 4.78 is 60.3. The lowest BCUT2D eigenvalue weighted by Crippen LogP contribution is -2.41. The second-order valence-corrected chi connectivity index (χ2v) is 10.2. The van der Waals surface area contributed by atoms with Crippen molar-refractivity contribution < 1.29 is 26.5 Å². The van der Waals surface area contributed by atoms with Crippen LogP contribution in [0.4, 0.5) is 14.5 Å². The Bertz CT molecular complexity index is 1470. The Morgan fingerprint density at radius 1 is 1.19 bits per heavy atom. The minimum atomic E-state index is -4.01. The lowest BCUT2D eigenvalue weighted by molar-refractivity contribution is -0.120. The molecule has 0 unspecified atom stereocenters. The Labute approximate surface area is 206 Å². The summed E-state index contributed by atoms with van der Waals surface area (Å²) in [6.07, 6.45) is 3.17. The second kappa shape index (κ2) is 10.4. The van der Waals surface area contributed by atoms with Gasteiger partial charge in [-0.3, -0.25) is 4.79 Å². The molecular formula is C25H22F2N4O4S. The van der Waals surface area contributed by atoms with E-state index >= 15 is 0 Å². The first-order valence-electron chi connectivity index (χ1n) is 11.1. The number of piperidine rings is 1. The minimum Gasteiger partial charge on any atom is -0.355 e. The Morgan fingerprint density at radius 2 is 1.94 bits per heavy atom. The number of aryl methyl sites for hydroxylation is 1. The maximum Gasteiger partial charge on any atom is 0.248 e. The Kier molecular flexibility index (Phi) is 7.28. The Balaban J connectivity index is 1.46. The Hall–Kier alpha value is -3.88. The molecule has 1 amide bonds. The highest BCUT2D eigenvalue weighted by Gasteiger charge is 2.36. The number of sulfonamides is 1. The van der Waals surface area contributed by atoms with Crippen LogP contribution in [-0.4, -0.2) is 36.9 Å². The maximum atomic E-state index is 14.0. The van der Waals surface area contributed by atoms with Crippen molar-refractivity contribution >= 4 is 33.8 Å². The Morgan fingerprint density at radius 3 is 2.64 bits per heavy atom. The first kappa shape index (κ1) is 25.2. The van der Waals surface area contributed by atoms with E-state index in [9.17, 15) is 22.0 Å². The van der Waals surface area contributed by atoms with Gasteiger partial charge in [-0.05, 0) is 62.2 Å². The van der Waals surface area contributed by atoms with Gasteiger partial charge in [0.25, 0.3) is 0 Å². The van der Waals surface area contributed by atoms with Crippen molar-refractivity contribution in [3.05, 3.63) is 76.7 Å². The summed E-state index contributed by atoms with van der Waals surface area (Å²) in [6.45, 7) is 1.71. The highest BCUT2D eigenvalue weighted by atomic mass is 32.2. The highest BCUT2D eigenvalue weighted by Crippen LogP contribution is 2.30. The molecule has 1 aromatic heterocycles. The summed E-state index contributed by atoms with van der Waals surface area (Å²) >= 11 is 0. The first-order valence-corrected chi connectivity index (χ1v) is 12.5. The van der Waals surface area contributed by atoms with Crippen LogP contribution in [0.1, 0.15) is 35.4 Å². The molecule has 0 spiro atoms. The fourth-order valence-corrected chi connectivity index (χ4v) is 5.72. The maximum absolute atomic E-state index is 14.0. The van der Waals surface area contributed by atoms with Crippen LogP contribution in [0, 0.1) is 35.8 Å². The SMILES string of the molecule is Cc1noc(C=Cc2ccc(F)cc2F)c1S(=O)(=O)N1CCC(C(=O)Nc2cccc(C#N)c2)CC1. The van der Waals surface area contributed by atoms with E-state index in [0.717, 1.165) is 12.1 Å². The molecule has 1 fully saturated rings. The fraction of sp³-hybridized carbons (Fsp3) is 0.240. The van der Waals surface area contributed by atoms with Crippen molar-refractivity contribution in [2.45, 2.75) is 24.7 Å². The number of nitrogens with zero attached hydrogens (tertiary/aromatic N) is 3. The zero-order valence-corrected chi connectivity index (χ0v) is 20.1. The zero-order valence-electron chi connectivity index (χ0n) is 19.2. The summed E-state index contributed by atoms with van der Waals surface area (Å²) in [6, 6.07) is 11.6. The molecule has 186 valence electrons. The molecule has 1 aliphatic rings. The van der Waals surface area contributed by atoms with Gasteiger partial charge in [0, 0.05) is 36.3 Å². The third kappa shape index (κ3) is 5.35. The number of hydrogen-bond acceptors (Lipinski definition) is 6. The number of amides is 1. The summed E-state index contributed by atoms with van der Waals surface area (Å²) in [4.78, 5) is 12.5. The minimum absolute atomic E-state index is 0.0564. The molecule has 8 nitrogen and oxygen atoms in total. The van der Waals surface area contributed by atoms with Gasteiger partial charge in [0.2, 0.25) is 15.9 Å². The topological polar surface area (TPSA) is 116 Å². The molecule has 0 bridgehead atoms. The molecular weight excluding hydrogens is 490 g/mol. The van der Waals surface area contributed by atoms with Gasteiger partial charge in [-0.2, -0.15) is 9.57 Å². The van der Waals surface area contributed by atoms with Crippen molar-refractivity contribution in [1.29, 1.82) is 5.26 Å². The van der Waals surface area contributed by atoms with Gasteiger partial charge in [-0.1, -0.05) is 11.2 Å². The number of nitrogens with one attached hydrogen (secondary N) is 1. The number of hydrogen-bond donors (Lipinski definition) is 1. The van der Waals surface area contributed by atoms with E-state index in [0.29, 0.717) is 24.1 Å². The van der Waals surface area contributed by atoms with Crippen LogP contribution in [0.15, 0.2) is 51.9 Å². The van der Waals surface area contributed by atoms with E-state index in [2.05, 4.69) is 10.5 Å². The van der Waals surface area contributed by atoms with Crippen molar-refractivity contribution in [1.82, 2.24) is 9.46 Å². The number of aromatic nitrogens is 1. The average Bonchev–Trinajstić information content (AvgIpc) is 3.24. The fourth-order valence-electron chi connectivity index (χ4n) is 4.00. The van der Waals surface area contributed by atoms with E-state index in [4.69, 9.17) is 9.78 Å². The van der Waals surface area contributed by atoms with Gasteiger partial charge in [-0.25, -0.2) is 17.2 Å². The van der Waals surface area contributed by atoms with Gasteiger partial charge in [0.05, 0.1) is 11.6 Å².